The molecule has 0 unspecified atom stereocenters. The van der Waals surface area contributed by atoms with E-state index >= 15 is 0 Å². The van der Waals surface area contributed by atoms with Crippen molar-refractivity contribution in [2.45, 2.75) is 39.2 Å². The third kappa shape index (κ3) is 4.54. The Kier molecular flexibility index (Phi) is 6.36. The first-order valence-corrected chi connectivity index (χ1v) is 7.68. The van der Waals surface area contributed by atoms with Crippen molar-refractivity contribution in [1.29, 1.82) is 0 Å². The van der Waals surface area contributed by atoms with E-state index in [1.807, 2.05) is 19.1 Å². The molecule has 0 spiro atoms. The summed E-state index contributed by atoms with van der Waals surface area (Å²) in [5.41, 5.74) is 0.659. The second kappa shape index (κ2) is 7.56. The van der Waals surface area contributed by atoms with Gasteiger partial charge in [0.05, 0.1) is 6.54 Å². The Morgan fingerprint density at radius 1 is 1.29 bits per heavy atom. The number of anilines is 1. The van der Waals surface area contributed by atoms with Crippen LogP contribution in [0.4, 0.5) is 5.69 Å². The van der Waals surface area contributed by atoms with Gasteiger partial charge in [-0.2, -0.15) is 0 Å². The second-order valence-electron chi connectivity index (χ2n) is 4.96. The van der Waals surface area contributed by atoms with Crippen LogP contribution in [0.15, 0.2) is 22.7 Å². The fourth-order valence-electron chi connectivity index (χ4n) is 2.06. The van der Waals surface area contributed by atoms with Gasteiger partial charge in [-0.15, -0.1) is 0 Å². The number of halogens is 1. The quantitative estimate of drug-likeness (QED) is 0.701. The van der Waals surface area contributed by atoms with Crippen LogP contribution in [0, 0.1) is 6.92 Å². The number of carboxylic acids is 1. The van der Waals surface area contributed by atoms with E-state index in [9.17, 15) is 14.7 Å². The highest BCUT2D eigenvalue weighted by atomic mass is 79.9. The molecule has 0 heterocycles. The van der Waals surface area contributed by atoms with Gasteiger partial charge in [-0.05, 0) is 43.5 Å². The minimum Gasteiger partial charge on any atom is -0.480 e. The smallest absolute Gasteiger partial charge is 0.323 e. The zero-order valence-electron chi connectivity index (χ0n) is 12.5. The van der Waals surface area contributed by atoms with E-state index in [4.69, 9.17) is 0 Å². The van der Waals surface area contributed by atoms with Gasteiger partial charge in [0.25, 0.3) is 0 Å². The number of rotatable bonds is 7. The van der Waals surface area contributed by atoms with Crippen LogP contribution in [0.1, 0.15) is 32.3 Å². The van der Waals surface area contributed by atoms with Crippen LogP contribution in [-0.4, -0.2) is 29.1 Å². The molecule has 1 amide bonds. The minimum absolute atomic E-state index is 0.0386. The van der Waals surface area contributed by atoms with Gasteiger partial charge in [0.2, 0.25) is 5.91 Å². The molecule has 0 aromatic heterocycles. The van der Waals surface area contributed by atoms with Crippen molar-refractivity contribution in [2.24, 2.45) is 0 Å². The normalized spacial score (nSPS) is 11.2. The number of aliphatic carboxylic acids is 1. The molecule has 1 aromatic carbocycles. The molecule has 21 heavy (non-hydrogen) atoms. The van der Waals surface area contributed by atoms with E-state index in [0.29, 0.717) is 18.5 Å². The van der Waals surface area contributed by atoms with Crippen molar-refractivity contribution >= 4 is 33.5 Å². The SMILES string of the molecule is CCC(CC)(NCC(=O)Nc1ccc(Br)c(C)c1)C(=O)O. The highest BCUT2D eigenvalue weighted by Crippen LogP contribution is 2.20. The maximum absolute atomic E-state index is 11.9. The fraction of sp³-hybridized carbons (Fsp3) is 0.467. The molecule has 0 atom stereocenters. The highest BCUT2D eigenvalue weighted by Gasteiger charge is 2.34. The molecule has 5 nitrogen and oxygen atoms in total. The van der Waals surface area contributed by atoms with Crippen LogP contribution in [0.3, 0.4) is 0 Å². The largest absolute Gasteiger partial charge is 0.480 e. The average Bonchev–Trinajstić information content (AvgIpc) is 2.44. The van der Waals surface area contributed by atoms with E-state index in [0.717, 1.165) is 10.0 Å². The van der Waals surface area contributed by atoms with Crippen molar-refractivity contribution in [1.82, 2.24) is 5.32 Å². The molecule has 0 aliphatic heterocycles. The summed E-state index contributed by atoms with van der Waals surface area (Å²) >= 11 is 3.40. The van der Waals surface area contributed by atoms with Gasteiger partial charge in [0.15, 0.2) is 0 Å². The average molecular weight is 357 g/mol. The van der Waals surface area contributed by atoms with Crippen molar-refractivity contribution in [2.75, 3.05) is 11.9 Å². The molecule has 1 rings (SSSR count). The monoisotopic (exact) mass is 356 g/mol. The lowest BCUT2D eigenvalue weighted by molar-refractivity contribution is -0.145. The summed E-state index contributed by atoms with van der Waals surface area (Å²) in [4.78, 5) is 23.3. The Balaban J connectivity index is 2.65. The lowest BCUT2D eigenvalue weighted by atomic mass is 9.93. The first-order valence-electron chi connectivity index (χ1n) is 6.89. The van der Waals surface area contributed by atoms with Crippen molar-refractivity contribution in [3.05, 3.63) is 28.2 Å². The fourth-order valence-corrected chi connectivity index (χ4v) is 2.30. The molecule has 0 radical (unpaired) electrons. The molecule has 116 valence electrons. The number of benzene rings is 1. The van der Waals surface area contributed by atoms with Gasteiger partial charge in [0.1, 0.15) is 5.54 Å². The topological polar surface area (TPSA) is 78.4 Å². The Morgan fingerprint density at radius 2 is 1.90 bits per heavy atom. The van der Waals surface area contributed by atoms with Crippen LogP contribution in [-0.2, 0) is 9.59 Å². The Morgan fingerprint density at radius 3 is 2.38 bits per heavy atom. The van der Waals surface area contributed by atoms with Crippen molar-refractivity contribution < 1.29 is 14.7 Å². The molecule has 0 aliphatic carbocycles. The summed E-state index contributed by atoms with van der Waals surface area (Å²) in [6.07, 6.45) is 0.840. The Bertz CT molecular complexity index is 528. The van der Waals surface area contributed by atoms with E-state index in [1.54, 1.807) is 19.9 Å². The summed E-state index contributed by atoms with van der Waals surface area (Å²) in [5.74, 6) is -1.19. The van der Waals surface area contributed by atoms with E-state index < -0.39 is 11.5 Å². The van der Waals surface area contributed by atoms with Crippen LogP contribution in [0.5, 0.6) is 0 Å². The number of nitrogens with one attached hydrogen (secondary N) is 2. The number of aryl methyl sites for hydroxylation is 1. The Labute approximate surface area is 133 Å². The lowest BCUT2D eigenvalue weighted by Gasteiger charge is -2.27. The number of hydrogen-bond acceptors (Lipinski definition) is 3. The van der Waals surface area contributed by atoms with Crippen LogP contribution in [0.2, 0.25) is 0 Å². The molecular formula is C15H21BrN2O3. The second-order valence-corrected chi connectivity index (χ2v) is 5.81. The van der Waals surface area contributed by atoms with Gasteiger partial charge in [0, 0.05) is 10.2 Å². The summed E-state index contributed by atoms with van der Waals surface area (Å²) in [6, 6.07) is 5.50. The maximum Gasteiger partial charge on any atom is 0.323 e. The van der Waals surface area contributed by atoms with Crippen LogP contribution >= 0.6 is 15.9 Å². The first kappa shape index (κ1) is 17.7. The third-order valence-corrected chi connectivity index (χ3v) is 4.54. The van der Waals surface area contributed by atoms with Gasteiger partial charge < -0.3 is 10.4 Å². The predicted molar refractivity (Wildman–Crippen MR) is 86.5 cm³/mol. The van der Waals surface area contributed by atoms with Crippen LogP contribution in [0.25, 0.3) is 0 Å². The van der Waals surface area contributed by atoms with Crippen LogP contribution < -0.4 is 10.6 Å². The zero-order valence-corrected chi connectivity index (χ0v) is 14.1. The molecule has 0 aliphatic rings. The molecule has 6 heteroatoms. The zero-order chi connectivity index (χ0) is 16.0. The standard InChI is InChI=1S/C15H21BrN2O3/c1-4-15(5-2,14(20)21)17-9-13(19)18-11-6-7-12(16)10(3)8-11/h6-8,17H,4-5,9H2,1-3H3,(H,18,19)(H,20,21). The molecular weight excluding hydrogens is 336 g/mol. The van der Waals surface area contributed by atoms with E-state index in [1.165, 1.54) is 0 Å². The van der Waals surface area contributed by atoms with E-state index in [-0.39, 0.29) is 12.5 Å². The number of hydrogen-bond donors (Lipinski definition) is 3. The summed E-state index contributed by atoms with van der Waals surface area (Å²) in [7, 11) is 0. The van der Waals surface area contributed by atoms with Gasteiger partial charge in [-0.1, -0.05) is 29.8 Å². The molecule has 0 bridgehead atoms. The lowest BCUT2D eigenvalue weighted by Crippen LogP contribution is -2.53. The molecule has 1 aromatic rings. The number of carbonyl (C=O) groups is 2. The van der Waals surface area contributed by atoms with Crippen molar-refractivity contribution in [3.63, 3.8) is 0 Å². The summed E-state index contributed by atoms with van der Waals surface area (Å²) in [6.45, 7) is 5.48. The van der Waals surface area contributed by atoms with E-state index in [2.05, 4.69) is 26.6 Å². The highest BCUT2D eigenvalue weighted by molar-refractivity contribution is 9.10. The maximum atomic E-state index is 11.9. The van der Waals surface area contributed by atoms with Gasteiger partial charge >= 0.3 is 5.97 Å². The van der Waals surface area contributed by atoms with Crippen molar-refractivity contribution in [3.8, 4) is 0 Å². The van der Waals surface area contributed by atoms with Gasteiger partial charge in [-0.3, -0.25) is 14.9 Å². The summed E-state index contributed by atoms with van der Waals surface area (Å²) in [5, 5.41) is 14.9. The third-order valence-electron chi connectivity index (χ3n) is 3.65. The number of carbonyl (C=O) groups excluding carboxylic acids is 1. The van der Waals surface area contributed by atoms with Gasteiger partial charge in [-0.25, -0.2) is 0 Å². The molecule has 3 N–H and O–H groups in total. The minimum atomic E-state index is -1.05. The Hall–Kier alpha value is -1.40. The molecule has 0 fully saturated rings. The predicted octanol–water partition coefficient (Wildman–Crippen LogP) is 2.93. The molecule has 0 saturated heterocycles. The molecule has 0 saturated carbocycles. The summed E-state index contributed by atoms with van der Waals surface area (Å²) < 4.78 is 0.973. The first-order chi connectivity index (χ1) is 9.84. The number of amides is 1. The number of carboxylic acid groups (broad SMARTS) is 1.